The number of carbonyl (C=O) groups excluding carboxylic acids is 1. The minimum absolute atomic E-state index is 0.0931. The molecular weight excluding hydrogens is 114 g/mol. The Kier molecular flexibility index (Phi) is 1.71. The largest absolute Gasteiger partial charge is 0.312 e. The molecule has 1 aliphatic rings. The topological polar surface area (TPSA) is 20.3 Å². The Balaban J connectivity index is 2.63. The average molecular weight is 123 g/mol. The molecule has 0 radical (unpaired) electrons. The standard InChI is InChI=1S/C7H9NO/c1-7(9)8-5-3-2-4-6-8/h2,6H,3,5H2,1H3. The van der Waals surface area contributed by atoms with Gasteiger partial charge in [0, 0.05) is 19.7 Å². The summed E-state index contributed by atoms with van der Waals surface area (Å²) in [5, 5.41) is 0. The van der Waals surface area contributed by atoms with Crippen LogP contribution in [0.3, 0.4) is 0 Å². The van der Waals surface area contributed by atoms with Crippen LogP contribution in [0.4, 0.5) is 0 Å². The second-order valence-corrected chi connectivity index (χ2v) is 2.00. The van der Waals surface area contributed by atoms with Crippen molar-refractivity contribution in [1.82, 2.24) is 4.90 Å². The van der Waals surface area contributed by atoms with Crippen molar-refractivity contribution in [2.45, 2.75) is 13.3 Å². The molecule has 0 saturated carbocycles. The fourth-order valence-corrected chi connectivity index (χ4v) is 0.743. The van der Waals surface area contributed by atoms with Gasteiger partial charge in [0.05, 0.1) is 0 Å². The predicted octanol–water partition coefficient (Wildman–Crippen LogP) is 0.907. The first-order valence-electron chi connectivity index (χ1n) is 2.99. The fourth-order valence-electron chi connectivity index (χ4n) is 0.743. The molecule has 1 rings (SSSR count). The number of rotatable bonds is 0. The third-order valence-electron chi connectivity index (χ3n) is 1.27. The highest BCUT2D eigenvalue weighted by atomic mass is 16.2. The summed E-state index contributed by atoms with van der Waals surface area (Å²) in [5.74, 6) is 0.0931. The molecule has 0 bridgehead atoms. The summed E-state index contributed by atoms with van der Waals surface area (Å²) >= 11 is 0. The first kappa shape index (κ1) is 6.12. The van der Waals surface area contributed by atoms with E-state index in [0.29, 0.717) is 0 Å². The van der Waals surface area contributed by atoms with Crippen molar-refractivity contribution < 1.29 is 4.79 Å². The van der Waals surface area contributed by atoms with E-state index in [9.17, 15) is 4.79 Å². The van der Waals surface area contributed by atoms with Gasteiger partial charge < -0.3 is 4.90 Å². The molecule has 0 aromatic carbocycles. The SMILES string of the molecule is CC(=O)N1C=C=CCC1. The Bertz CT molecular complexity index is 177. The van der Waals surface area contributed by atoms with Gasteiger partial charge in [0.1, 0.15) is 0 Å². The summed E-state index contributed by atoms with van der Waals surface area (Å²) in [4.78, 5) is 12.3. The Morgan fingerprint density at radius 2 is 2.56 bits per heavy atom. The van der Waals surface area contributed by atoms with Crippen molar-refractivity contribution in [1.29, 1.82) is 0 Å². The molecule has 0 spiro atoms. The van der Waals surface area contributed by atoms with Gasteiger partial charge in [0.25, 0.3) is 0 Å². The lowest BCUT2D eigenvalue weighted by atomic mass is 10.3. The van der Waals surface area contributed by atoms with Gasteiger partial charge in [0.15, 0.2) is 0 Å². The summed E-state index contributed by atoms with van der Waals surface area (Å²) in [6.07, 6.45) is 4.54. The molecule has 1 heterocycles. The summed E-state index contributed by atoms with van der Waals surface area (Å²) in [6.45, 7) is 2.37. The lowest BCUT2D eigenvalue weighted by Gasteiger charge is -2.15. The van der Waals surface area contributed by atoms with Crippen molar-refractivity contribution >= 4 is 5.91 Å². The van der Waals surface area contributed by atoms with Crippen LogP contribution in [-0.2, 0) is 4.79 Å². The Morgan fingerprint density at radius 1 is 1.78 bits per heavy atom. The maximum atomic E-state index is 10.6. The number of amides is 1. The molecule has 48 valence electrons. The number of hydrogen-bond acceptors (Lipinski definition) is 1. The van der Waals surface area contributed by atoms with Crippen molar-refractivity contribution in [2.24, 2.45) is 0 Å². The van der Waals surface area contributed by atoms with Gasteiger partial charge in [-0.15, -0.1) is 5.73 Å². The van der Waals surface area contributed by atoms with Crippen molar-refractivity contribution in [3.8, 4) is 0 Å². The Morgan fingerprint density at radius 3 is 2.89 bits per heavy atom. The van der Waals surface area contributed by atoms with Crippen LogP contribution in [0.15, 0.2) is 18.0 Å². The molecule has 0 aliphatic carbocycles. The smallest absolute Gasteiger partial charge is 0.223 e. The van der Waals surface area contributed by atoms with E-state index in [1.165, 1.54) is 0 Å². The minimum Gasteiger partial charge on any atom is -0.312 e. The van der Waals surface area contributed by atoms with Crippen LogP contribution in [-0.4, -0.2) is 17.4 Å². The first-order chi connectivity index (χ1) is 4.30. The lowest BCUT2D eigenvalue weighted by Crippen LogP contribution is -2.24. The van der Waals surface area contributed by atoms with Gasteiger partial charge in [-0.3, -0.25) is 4.79 Å². The van der Waals surface area contributed by atoms with E-state index >= 15 is 0 Å². The second-order valence-electron chi connectivity index (χ2n) is 2.00. The zero-order chi connectivity index (χ0) is 6.69. The molecule has 0 atom stereocenters. The zero-order valence-corrected chi connectivity index (χ0v) is 5.42. The minimum atomic E-state index is 0.0931. The Labute approximate surface area is 54.5 Å². The van der Waals surface area contributed by atoms with E-state index in [4.69, 9.17) is 0 Å². The van der Waals surface area contributed by atoms with Gasteiger partial charge in [-0.2, -0.15) is 0 Å². The van der Waals surface area contributed by atoms with Crippen LogP contribution in [0.25, 0.3) is 0 Å². The fraction of sp³-hybridized carbons (Fsp3) is 0.429. The van der Waals surface area contributed by atoms with E-state index in [1.54, 1.807) is 18.0 Å². The van der Waals surface area contributed by atoms with E-state index in [0.717, 1.165) is 13.0 Å². The monoisotopic (exact) mass is 123 g/mol. The molecule has 1 aliphatic heterocycles. The quantitative estimate of drug-likeness (QED) is 0.438. The van der Waals surface area contributed by atoms with Gasteiger partial charge in [-0.25, -0.2) is 0 Å². The van der Waals surface area contributed by atoms with E-state index < -0.39 is 0 Å². The summed E-state index contributed by atoms with van der Waals surface area (Å²) in [7, 11) is 0. The molecule has 0 aromatic heterocycles. The molecule has 0 N–H and O–H groups in total. The van der Waals surface area contributed by atoms with Gasteiger partial charge in [-0.1, -0.05) is 0 Å². The molecule has 0 aromatic rings. The highest BCUT2D eigenvalue weighted by Gasteiger charge is 2.03. The highest BCUT2D eigenvalue weighted by Crippen LogP contribution is 1.98. The van der Waals surface area contributed by atoms with E-state index in [1.807, 2.05) is 6.08 Å². The van der Waals surface area contributed by atoms with Gasteiger partial charge in [0.2, 0.25) is 5.91 Å². The molecule has 0 fully saturated rings. The highest BCUT2D eigenvalue weighted by molar-refractivity contribution is 5.74. The van der Waals surface area contributed by atoms with Crippen LogP contribution in [0.5, 0.6) is 0 Å². The number of carbonyl (C=O) groups is 1. The van der Waals surface area contributed by atoms with Crippen LogP contribution in [0.2, 0.25) is 0 Å². The van der Waals surface area contributed by atoms with E-state index in [2.05, 4.69) is 5.73 Å². The number of hydrogen-bond donors (Lipinski definition) is 0. The molecular formula is C7H9NO. The van der Waals surface area contributed by atoms with Crippen molar-refractivity contribution in [3.63, 3.8) is 0 Å². The van der Waals surface area contributed by atoms with Crippen LogP contribution >= 0.6 is 0 Å². The molecule has 9 heavy (non-hydrogen) atoms. The average Bonchev–Trinajstić information content (AvgIpc) is 1.90. The van der Waals surface area contributed by atoms with E-state index in [-0.39, 0.29) is 5.91 Å². The molecule has 0 saturated heterocycles. The van der Waals surface area contributed by atoms with Crippen LogP contribution in [0, 0.1) is 0 Å². The maximum Gasteiger partial charge on any atom is 0.223 e. The zero-order valence-electron chi connectivity index (χ0n) is 5.42. The molecule has 2 heteroatoms. The maximum absolute atomic E-state index is 10.6. The van der Waals surface area contributed by atoms with Crippen molar-refractivity contribution in [3.05, 3.63) is 18.0 Å². The summed E-state index contributed by atoms with van der Waals surface area (Å²) < 4.78 is 0. The second kappa shape index (κ2) is 2.51. The first-order valence-corrected chi connectivity index (χ1v) is 2.99. The summed E-state index contributed by atoms with van der Waals surface area (Å²) in [5.41, 5.74) is 2.87. The predicted molar refractivity (Wildman–Crippen MR) is 34.7 cm³/mol. The Hall–Kier alpha value is -1.01. The molecule has 1 amide bonds. The lowest BCUT2D eigenvalue weighted by molar-refractivity contribution is -0.126. The molecule has 2 nitrogen and oxygen atoms in total. The van der Waals surface area contributed by atoms with Crippen molar-refractivity contribution in [2.75, 3.05) is 6.54 Å². The van der Waals surface area contributed by atoms with Crippen LogP contribution < -0.4 is 0 Å². The normalized spacial score (nSPS) is 16.3. The molecule has 0 unspecified atom stereocenters. The van der Waals surface area contributed by atoms with Gasteiger partial charge >= 0.3 is 0 Å². The third kappa shape index (κ3) is 1.44. The summed E-state index contributed by atoms with van der Waals surface area (Å²) in [6, 6.07) is 0. The third-order valence-corrected chi connectivity index (χ3v) is 1.27. The van der Waals surface area contributed by atoms with Crippen LogP contribution in [0.1, 0.15) is 13.3 Å². The number of nitrogens with zero attached hydrogens (tertiary/aromatic N) is 1. The van der Waals surface area contributed by atoms with Gasteiger partial charge in [-0.05, 0) is 12.5 Å².